The highest BCUT2D eigenvalue weighted by atomic mass is 16.5. The Morgan fingerprint density at radius 1 is 1.29 bits per heavy atom. The maximum atomic E-state index is 10.9. The van der Waals surface area contributed by atoms with Crippen LogP contribution in [0.1, 0.15) is 6.92 Å². The zero-order chi connectivity index (χ0) is 10.6. The maximum absolute atomic E-state index is 10.9. The summed E-state index contributed by atoms with van der Waals surface area (Å²) in [5.41, 5.74) is 0. The molecule has 14 heavy (non-hydrogen) atoms. The Bertz CT molecular complexity index is 142. The second-order valence-corrected chi connectivity index (χ2v) is 2.74. The third-order valence-electron chi connectivity index (χ3n) is 1.51. The van der Waals surface area contributed by atoms with Gasteiger partial charge < -0.3 is 20.1 Å². The van der Waals surface area contributed by atoms with Crippen molar-refractivity contribution in [1.29, 1.82) is 0 Å². The lowest BCUT2D eigenvalue weighted by molar-refractivity contribution is -0.120. The molecule has 0 aromatic rings. The van der Waals surface area contributed by atoms with E-state index in [0.717, 1.165) is 0 Å². The maximum Gasteiger partial charge on any atom is 0.233 e. The number of ether oxygens (including phenoxy) is 2. The first-order chi connectivity index (χ1) is 6.81. The summed E-state index contributed by atoms with van der Waals surface area (Å²) in [5.74, 6) is 0.0180. The number of hydrogen-bond donors (Lipinski definition) is 2. The first-order valence-corrected chi connectivity index (χ1v) is 4.85. The molecule has 0 heterocycles. The number of likely N-dealkylation sites (N-methyl/N-ethyl adjacent to an activating group) is 1. The fourth-order valence-corrected chi connectivity index (χ4v) is 0.850. The highest BCUT2D eigenvalue weighted by Gasteiger charge is 1.96. The van der Waals surface area contributed by atoms with Crippen molar-refractivity contribution in [2.45, 2.75) is 6.92 Å². The summed E-state index contributed by atoms with van der Waals surface area (Å²) >= 11 is 0. The van der Waals surface area contributed by atoms with Gasteiger partial charge in [-0.2, -0.15) is 0 Å². The molecule has 0 spiro atoms. The highest BCUT2D eigenvalue weighted by molar-refractivity contribution is 5.77. The smallest absolute Gasteiger partial charge is 0.233 e. The monoisotopic (exact) mass is 204 g/mol. The van der Waals surface area contributed by atoms with Crippen molar-refractivity contribution >= 4 is 5.91 Å². The molecule has 5 nitrogen and oxygen atoms in total. The van der Waals surface area contributed by atoms with Gasteiger partial charge in [0.1, 0.15) is 0 Å². The van der Waals surface area contributed by atoms with E-state index in [1.165, 1.54) is 0 Å². The third-order valence-corrected chi connectivity index (χ3v) is 1.51. The molecule has 0 saturated heterocycles. The third kappa shape index (κ3) is 9.44. The van der Waals surface area contributed by atoms with Crippen LogP contribution >= 0.6 is 0 Å². The number of amides is 1. The molecule has 0 aromatic heterocycles. The normalized spacial score (nSPS) is 10.1. The Hall–Kier alpha value is -0.650. The van der Waals surface area contributed by atoms with Crippen molar-refractivity contribution < 1.29 is 14.3 Å². The van der Waals surface area contributed by atoms with E-state index >= 15 is 0 Å². The first kappa shape index (κ1) is 13.4. The van der Waals surface area contributed by atoms with Gasteiger partial charge in [0.25, 0.3) is 0 Å². The minimum atomic E-state index is 0.0180. The van der Waals surface area contributed by atoms with Crippen molar-refractivity contribution in [2.24, 2.45) is 0 Å². The van der Waals surface area contributed by atoms with Crippen molar-refractivity contribution in [1.82, 2.24) is 10.6 Å². The van der Waals surface area contributed by atoms with E-state index in [-0.39, 0.29) is 5.91 Å². The number of nitrogens with one attached hydrogen (secondary N) is 2. The molecule has 0 unspecified atom stereocenters. The van der Waals surface area contributed by atoms with Crippen LogP contribution in [0, 0.1) is 0 Å². The second kappa shape index (κ2) is 10.4. The molecular weight excluding hydrogens is 184 g/mol. The van der Waals surface area contributed by atoms with Crippen LogP contribution in [0.3, 0.4) is 0 Å². The van der Waals surface area contributed by atoms with Crippen LogP contribution in [0.4, 0.5) is 0 Å². The van der Waals surface area contributed by atoms with Crippen LogP contribution in [0.15, 0.2) is 0 Å². The van der Waals surface area contributed by atoms with Gasteiger partial charge in [0, 0.05) is 20.2 Å². The number of hydrogen-bond acceptors (Lipinski definition) is 4. The quantitative estimate of drug-likeness (QED) is 0.491. The van der Waals surface area contributed by atoms with E-state index in [2.05, 4.69) is 10.6 Å². The fraction of sp³-hybridized carbons (Fsp3) is 0.889. The average molecular weight is 204 g/mol. The average Bonchev–Trinajstić information content (AvgIpc) is 2.17. The lowest BCUT2D eigenvalue weighted by Crippen LogP contribution is -2.35. The second-order valence-electron chi connectivity index (χ2n) is 2.74. The zero-order valence-corrected chi connectivity index (χ0v) is 8.97. The van der Waals surface area contributed by atoms with E-state index in [0.29, 0.717) is 39.5 Å². The summed E-state index contributed by atoms with van der Waals surface area (Å²) < 4.78 is 10.0. The van der Waals surface area contributed by atoms with Crippen molar-refractivity contribution in [3.63, 3.8) is 0 Å². The number of rotatable bonds is 9. The van der Waals surface area contributed by atoms with Gasteiger partial charge in [0.2, 0.25) is 5.91 Å². The van der Waals surface area contributed by atoms with Gasteiger partial charge in [-0.05, 0) is 6.92 Å². The van der Waals surface area contributed by atoms with Gasteiger partial charge in [0.05, 0.1) is 26.4 Å². The summed E-state index contributed by atoms with van der Waals surface area (Å²) in [4.78, 5) is 10.9. The molecule has 0 radical (unpaired) electrons. The number of carbonyl (C=O) groups is 1. The zero-order valence-electron chi connectivity index (χ0n) is 8.97. The molecular formula is C9H20N2O3. The van der Waals surface area contributed by atoms with E-state index in [1.807, 2.05) is 6.92 Å². The van der Waals surface area contributed by atoms with E-state index in [9.17, 15) is 4.79 Å². The Balaban J connectivity index is 3.01. The minimum absolute atomic E-state index is 0.0180. The van der Waals surface area contributed by atoms with Crippen molar-refractivity contribution in [3.8, 4) is 0 Å². The number of carbonyl (C=O) groups excluding carboxylic acids is 1. The van der Waals surface area contributed by atoms with Crippen molar-refractivity contribution in [2.75, 3.05) is 46.6 Å². The molecule has 84 valence electrons. The standard InChI is InChI=1S/C9H20N2O3/c1-3-11-9(12)8-10-4-5-14-7-6-13-2/h10H,3-8H2,1-2H3,(H,11,12). The predicted molar refractivity (Wildman–Crippen MR) is 54.2 cm³/mol. The summed E-state index contributed by atoms with van der Waals surface area (Å²) in [6.07, 6.45) is 0. The molecule has 0 aliphatic heterocycles. The van der Waals surface area contributed by atoms with Crippen LogP contribution in [-0.2, 0) is 14.3 Å². The summed E-state index contributed by atoms with van der Waals surface area (Å²) in [5, 5.41) is 5.66. The Morgan fingerprint density at radius 3 is 2.71 bits per heavy atom. The van der Waals surface area contributed by atoms with Gasteiger partial charge >= 0.3 is 0 Å². The summed E-state index contributed by atoms with van der Waals surface area (Å²) in [7, 11) is 1.64. The van der Waals surface area contributed by atoms with Crippen LogP contribution in [0.5, 0.6) is 0 Å². The summed E-state index contributed by atoms with van der Waals surface area (Å²) in [6, 6.07) is 0. The predicted octanol–water partition coefficient (Wildman–Crippen LogP) is -0.625. The SMILES string of the molecule is CCNC(=O)CNCCOCCOC. The molecule has 2 N–H and O–H groups in total. The van der Waals surface area contributed by atoms with E-state index < -0.39 is 0 Å². The topological polar surface area (TPSA) is 59.6 Å². The Labute approximate surface area is 85.1 Å². The summed E-state index contributed by atoms with van der Waals surface area (Å²) in [6.45, 7) is 5.40. The van der Waals surface area contributed by atoms with Gasteiger partial charge in [-0.1, -0.05) is 0 Å². The highest BCUT2D eigenvalue weighted by Crippen LogP contribution is 1.74. The van der Waals surface area contributed by atoms with Gasteiger partial charge in [-0.15, -0.1) is 0 Å². The Kier molecular flexibility index (Phi) is 9.95. The molecule has 0 atom stereocenters. The molecule has 0 fully saturated rings. The van der Waals surface area contributed by atoms with E-state index in [4.69, 9.17) is 9.47 Å². The van der Waals surface area contributed by atoms with Crippen LogP contribution < -0.4 is 10.6 Å². The van der Waals surface area contributed by atoms with Crippen LogP contribution in [0.2, 0.25) is 0 Å². The molecule has 5 heteroatoms. The van der Waals surface area contributed by atoms with Gasteiger partial charge in [-0.3, -0.25) is 4.79 Å². The number of methoxy groups -OCH3 is 1. The van der Waals surface area contributed by atoms with Crippen LogP contribution in [-0.4, -0.2) is 52.5 Å². The van der Waals surface area contributed by atoms with Crippen molar-refractivity contribution in [3.05, 3.63) is 0 Å². The fourth-order valence-electron chi connectivity index (χ4n) is 0.850. The first-order valence-electron chi connectivity index (χ1n) is 4.85. The van der Waals surface area contributed by atoms with E-state index in [1.54, 1.807) is 7.11 Å². The molecule has 0 aromatic carbocycles. The Morgan fingerprint density at radius 2 is 2.07 bits per heavy atom. The van der Waals surface area contributed by atoms with Gasteiger partial charge in [-0.25, -0.2) is 0 Å². The minimum Gasteiger partial charge on any atom is -0.382 e. The molecule has 0 aliphatic carbocycles. The molecule has 0 aliphatic rings. The molecule has 0 rings (SSSR count). The lowest BCUT2D eigenvalue weighted by Gasteiger charge is -2.05. The molecule has 1 amide bonds. The molecule has 0 bridgehead atoms. The van der Waals surface area contributed by atoms with Crippen LogP contribution in [0.25, 0.3) is 0 Å². The largest absolute Gasteiger partial charge is 0.382 e. The van der Waals surface area contributed by atoms with Gasteiger partial charge in [0.15, 0.2) is 0 Å². The molecule has 0 saturated carbocycles. The lowest BCUT2D eigenvalue weighted by atomic mass is 10.5.